The summed E-state index contributed by atoms with van der Waals surface area (Å²) in [5, 5.41) is 2.76. The Labute approximate surface area is 144 Å². The van der Waals surface area contributed by atoms with Crippen molar-refractivity contribution < 1.29 is 9.53 Å². The van der Waals surface area contributed by atoms with Gasteiger partial charge in [0.25, 0.3) is 5.91 Å². The average Bonchev–Trinajstić information content (AvgIpc) is 2.65. The second kappa shape index (κ2) is 7.45. The van der Waals surface area contributed by atoms with Gasteiger partial charge in [0, 0.05) is 30.7 Å². The molecule has 8 heteroatoms. The van der Waals surface area contributed by atoms with E-state index in [2.05, 4.69) is 25.3 Å². The molecule has 1 aromatic carbocycles. The summed E-state index contributed by atoms with van der Waals surface area (Å²) in [6, 6.07) is 7.24. The minimum absolute atomic E-state index is 0.201. The summed E-state index contributed by atoms with van der Waals surface area (Å²) in [4.78, 5) is 28.4. The van der Waals surface area contributed by atoms with Crippen LogP contribution in [0.2, 0.25) is 0 Å². The Hall–Kier alpha value is -3.39. The highest BCUT2D eigenvalue weighted by molar-refractivity contribution is 6.02. The van der Waals surface area contributed by atoms with Crippen LogP contribution in [0.15, 0.2) is 49.1 Å². The third-order valence-electron chi connectivity index (χ3n) is 3.34. The van der Waals surface area contributed by atoms with Crippen molar-refractivity contribution in [1.82, 2.24) is 19.9 Å². The SMILES string of the molecule is Cc1ccc(NC(=O)c2cnc(CN)cn2)cc1Oc1ncccn1. The van der Waals surface area contributed by atoms with Crippen molar-refractivity contribution in [2.24, 2.45) is 5.73 Å². The summed E-state index contributed by atoms with van der Waals surface area (Å²) in [6.07, 6.45) is 6.05. The molecule has 0 saturated carbocycles. The van der Waals surface area contributed by atoms with Gasteiger partial charge in [0.15, 0.2) is 0 Å². The minimum Gasteiger partial charge on any atom is -0.424 e. The summed E-state index contributed by atoms with van der Waals surface area (Å²) >= 11 is 0. The molecule has 0 bridgehead atoms. The first kappa shape index (κ1) is 16.5. The fraction of sp³-hybridized carbons (Fsp3) is 0.118. The highest BCUT2D eigenvalue weighted by atomic mass is 16.5. The largest absolute Gasteiger partial charge is 0.424 e. The van der Waals surface area contributed by atoms with E-state index in [-0.39, 0.29) is 24.2 Å². The van der Waals surface area contributed by atoms with Crippen LogP contribution in [0.3, 0.4) is 0 Å². The number of aryl methyl sites for hydroxylation is 1. The molecular formula is C17H16N6O2. The van der Waals surface area contributed by atoms with E-state index in [1.165, 1.54) is 12.4 Å². The Morgan fingerprint density at radius 3 is 2.64 bits per heavy atom. The van der Waals surface area contributed by atoms with Crippen LogP contribution < -0.4 is 15.8 Å². The number of nitrogens with two attached hydrogens (primary N) is 1. The number of carbonyl (C=O) groups excluding carboxylic acids is 1. The van der Waals surface area contributed by atoms with E-state index in [0.29, 0.717) is 17.1 Å². The number of aromatic nitrogens is 4. The first-order valence-corrected chi connectivity index (χ1v) is 7.53. The van der Waals surface area contributed by atoms with Crippen LogP contribution in [-0.2, 0) is 6.54 Å². The first-order chi connectivity index (χ1) is 12.2. The van der Waals surface area contributed by atoms with Crippen LogP contribution in [0, 0.1) is 6.92 Å². The molecular weight excluding hydrogens is 320 g/mol. The van der Waals surface area contributed by atoms with E-state index in [1.54, 1.807) is 30.6 Å². The maximum Gasteiger partial charge on any atom is 0.321 e. The van der Waals surface area contributed by atoms with Crippen LogP contribution in [0.1, 0.15) is 21.7 Å². The maximum absolute atomic E-state index is 12.3. The second-order valence-corrected chi connectivity index (χ2v) is 5.16. The van der Waals surface area contributed by atoms with Crippen LogP contribution in [0.5, 0.6) is 11.8 Å². The number of rotatable bonds is 5. The summed E-state index contributed by atoms with van der Waals surface area (Å²) in [5.41, 5.74) is 7.73. The van der Waals surface area contributed by atoms with Gasteiger partial charge in [0.2, 0.25) is 0 Å². The lowest BCUT2D eigenvalue weighted by atomic mass is 10.2. The molecule has 0 aliphatic carbocycles. The molecule has 1 amide bonds. The number of benzene rings is 1. The topological polar surface area (TPSA) is 116 Å². The van der Waals surface area contributed by atoms with E-state index >= 15 is 0 Å². The molecule has 0 unspecified atom stereocenters. The maximum atomic E-state index is 12.3. The molecule has 0 fully saturated rings. The van der Waals surface area contributed by atoms with Gasteiger partial charge in [-0.05, 0) is 24.6 Å². The molecule has 3 rings (SSSR count). The zero-order chi connectivity index (χ0) is 17.6. The molecule has 3 N–H and O–H groups in total. The Kier molecular flexibility index (Phi) is 4.91. The number of anilines is 1. The van der Waals surface area contributed by atoms with E-state index in [4.69, 9.17) is 10.5 Å². The van der Waals surface area contributed by atoms with Gasteiger partial charge < -0.3 is 15.8 Å². The van der Waals surface area contributed by atoms with Gasteiger partial charge in [-0.1, -0.05) is 6.07 Å². The molecule has 126 valence electrons. The first-order valence-electron chi connectivity index (χ1n) is 7.53. The normalized spacial score (nSPS) is 10.3. The predicted octanol–water partition coefficient (Wildman–Crippen LogP) is 2.08. The molecule has 3 aromatic rings. The standard InChI is InChI=1S/C17H16N6O2/c1-11-3-4-12(7-15(11)25-17-19-5-2-6-20-17)23-16(24)14-10-21-13(8-18)9-22-14/h2-7,9-10H,8,18H2,1H3,(H,23,24). The summed E-state index contributed by atoms with van der Waals surface area (Å²) in [7, 11) is 0. The van der Waals surface area contributed by atoms with Crippen molar-refractivity contribution in [3.8, 4) is 11.8 Å². The molecule has 0 saturated heterocycles. The molecule has 25 heavy (non-hydrogen) atoms. The van der Waals surface area contributed by atoms with Crippen LogP contribution in [0.4, 0.5) is 5.69 Å². The third kappa shape index (κ3) is 4.12. The highest BCUT2D eigenvalue weighted by Crippen LogP contribution is 2.26. The van der Waals surface area contributed by atoms with E-state index in [0.717, 1.165) is 5.56 Å². The van der Waals surface area contributed by atoms with E-state index in [9.17, 15) is 4.79 Å². The van der Waals surface area contributed by atoms with E-state index < -0.39 is 0 Å². The average molecular weight is 336 g/mol. The molecule has 0 aliphatic rings. The quantitative estimate of drug-likeness (QED) is 0.732. The third-order valence-corrected chi connectivity index (χ3v) is 3.34. The van der Waals surface area contributed by atoms with Gasteiger partial charge in [-0.25, -0.2) is 15.0 Å². The van der Waals surface area contributed by atoms with Gasteiger partial charge >= 0.3 is 6.01 Å². The Morgan fingerprint density at radius 2 is 1.96 bits per heavy atom. The Morgan fingerprint density at radius 1 is 1.16 bits per heavy atom. The number of nitrogens with one attached hydrogen (secondary N) is 1. The molecule has 8 nitrogen and oxygen atoms in total. The van der Waals surface area contributed by atoms with Crippen molar-refractivity contribution in [1.29, 1.82) is 0 Å². The van der Waals surface area contributed by atoms with Crippen LogP contribution in [0.25, 0.3) is 0 Å². The van der Waals surface area contributed by atoms with Crippen molar-refractivity contribution in [3.63, 3.8) is 0 Å². The zero-order valence-electron chi connectivity index (χ0n) is 13.5. The number of hydrogen-bond acceptors (Lipinski definition) is 7. The monoisotopic (exact) mass is 336 g/mol. The molecule has 0 spiro atoms. The lowest BCUT2D eigenvalue weighted by Crippen LogP contribution is -2.15. The summed E-state index contributed by atoms with van der Waals surface area (Å²) < 4.78 is 5.65. The Balaban J connectivity index is 1.76. The number of ether oxygens (including phenoxy) is 1. The van der Waals surface area contributed by atoms with Crippen molar-refractivity contribution in [2.75, 3.05) is 5.32 Å². The van der Waals surface area contributed by atoms with Gasteiger partial charge in [0.1, 0.15) is 11.4 Å². The van der Waals surface area contributed by atoms with Crippen molar-refractivity contribution >= 4 is 11.6 Å². The second-order valence-electron chi connectivity index (χ2n) is 5.16. The zero-order valence-corrected chi connectivity index (χ0v) is 13.5. The molecule has 0 atom stereocenters. The highest BCUT2D eigenvalue weighted by Gasteiger charge is 2.11. The van der Waals surface area contributed by atoms with Crippen molar-refractivity contribution in [3.05, 3.63) is 66.0 Å². The number of hydrogen-bond donors (Lipinski definition) is 2. The summed E-state index contributed by atoms with van der Waals surface area (Å²) in [5.74, 6) is 0.176. The van der Waals surface area contributed by atoms with Crippen LogP contribution in [-0.4, -0.2) is 25.8 Å². The number of carbonyl (C=O) groups is 1. The number of nitrogens with zero attached hydrogens (tertiary/aromatic N) is 4. The molecule has 0 aliphatic heterocycles. The lowest BCUT2D eigenvalue weighted by Gasteiger charge is -2.10. The molecule has 2 heterocycles. The Bertz CT molecular complexity index is 868. The smallest absolute Gasteiger partial charge is 0.321 e. The predicted molar refractivity (Wildman–Crippen MR) is 91.2 cm³/mol. The summed E-state index contributed by atoms with van der Waals surface area (Å²) in [6.45, 7) is 2.16. The fourth-order valence-corrected chi connectivity index (χ4v) is 2.00. The fourth-order valence-electron chi connectivity index (χ4n) is 2.00. The van der Waals surface area contributed by atoms with Crippen molar-refractivity contribution in [2.45, 2.75) is 13.5 Å². The lowest BCUT2D eigenvalue weighted by molar-refractivity contribution is 0.102. The minimum atomic E-state index is -0.373. The molecule has 0 radical (unpaired) electrons. The molecule has 2 aromatic heterocycles. The van der Waals surface area contributed by atoms with E-state index in [1.807, 2.05) is 13.0 Å². The van der Waals surface area contributed by atoms with Gasteiger partial charge in [-0.2, -0.15) is 0 Å². The van der Waals surface area contributed by atoms with Gasteiger partial charge in [-0.15, -0.1) is 0 Å². The van der Waals surface area contributed by atoms with Gasteiger partial charge in [0.05, 0.1) is 18.1 Å². The number of amides is 1. The van der Waals surface area contributed by atoms with Crippen LogP contribution >= 0.6 is 0 Å². The van der Waals surface area contributed by atoms with Gasteiger partial charge in [-0.3, -0.25) is 9.78 Å².